The third kappa shape index (κ3) is 2.40. The number of imidazole rings is 2. The highest BCUT2D eigenvalue weighted by Crippen LogP contribution is 2.19. The van der Waals surface area contributed by atoms with Crippen molar-refractivity contribution in [3.8, 4) is 11.5 Å². The van der Waals surface area contributed by atoms with E-state index in [1.165, 1.54) is 12.1 Å². The second kappa shape index (κ2) is 5.45. The molecule has 0 unspecified atom stereocenters. The lowest BCUT2D eigenvalue weighted by molar-refractivity contribution is 0.629. The van der Waals surface area contributed by atoms with Crippen molar-refractivity contribution >= 4 is 10.9 Å². The highest BCUT2D eigenvalue weighted by Gasteiger charge is 2.13. The number of aromatic amines is 2. The molecule has 120 valence electrons. The first-order chi connectivity index (χ1) is 11.6. The molecule has 0 bridgehead atoms. The van der Waals surface area contributed by atoms with Gasteiger partial charge in [-0.2, -0.15) is 0 Å². The van der Waals surface area contributed by atoms with Crippen LogP contribution in [0, 0.1) is 12.7 Å². The van der Waals surface area contributed by atoms with E-state index in [0.717, 1.165) is 16.8 Å². The zero-order chi connectivity index (χ0) is 16.7. The van der Waals surface area contributed by atoms with Gasteiger partial charge in [0.2, 0.25) is 0 Å². The van der Waals surface area contributed by atoms with Crippen LogP contribution in [0.15, 0.2) is 47.8 Å². The zero-order valence-corrected chi connectivity index (χ0v) is 12.9. The molecule has 7 heteroatoms. The Morgan fingerprint density at radius 3 is 2.92 bits per heavy atom. The van der Waals surface area contributed by atoms with Crippen LogP contribution in [0.4, 0.5) is 4.39 Å². The average molecular weight is 323 g/mol. The van der Waals surface area contributed by atoms with Gasteiger partial charge in [0.25, 0.3) is 5.56 Å². The second-order valence-corrected chi connectivity index (χ2v) is 5.61. The lowest BCUT2D eigenvalue weighted by Crippen LogP contribution is -2.16. The molecule has 0 amide bonds. The molecule has 0 aliphatic carbocycles. The van der Waals surface area contributed by atoms with Crippen molar-refractivity contribution in [3.63, 3.8) is 0 Å². The summed E-state index contributed by atoms with van der Waals surface area (Å²) in [6.07, 6.45) is 5.09. The molecule has 1 aromatic carbocycles. The summed E-state index contributed by atoms with van der Waals surface area (Å²) >= 11 is 0. The highest BCUT2D eigenvalue weighted by molar-refractivity contribution is 5.78. The number of nitrogens with zero attached hydrogens (tertiary/aromatic N) is 3. The van der Waals surface area contributed by atoms with Gasteiger partial charge in [0.15, 0.2) is 5.82 Å². The minimum Gasteiger partial charge on any atom is -0.348 e. The normalized spacial score (nSPS) is 11.2. The second-order valence-electron chi connectivity index (χ2n) is 5.61. The number of nitrogens with one attached hydrogen (secondary N) is 2. The predicted octanol–water partition coefficient (Wildman–Crippen LogP) is 2.61. The van der Waals surface area contributed by atoms with Gasteiger partial charge in [0, 0.05) is 23.7 Å². The van der Waals surface area contributed by atoms with E-state index in [1.54, 1.807) is 30.9 Å². The van der Waals surface area contributed by atoms with E-state index in [0.29, 0.717) is 23.4 Å². The summed E-state index contributed by atoms with van der Waals surface area (Å²) < 4.78 is 15.1. The zero-order valence-electron chi connectivity index (χ0n) is 12.9. The number of H-pyrrole nitrogens is 2. The summed E-state index contributed by atoms with van der Waals surface area (Å²) in [6.45, 7) is 2.27. The van der Waals surface area contributed by atoms with E-state index in [2.05, 4.69) is 19.9 Å². The van der Waals surface area contributed by atoms with Crippen molar-refractivity contribution in [1.82, 2.24) is 24.5 Å². The number of hydrogen-bond acceptors (Lipinski definition) is 3. The lowest BCUT2D eigenvalue weighted by Gasteiger charge is -2.08. The van der Waals surface area contributed by atoms with E-state index >= 15 is 0 Å². The fourth-order valence-corrected chi connectivity index (χ4v) is 2.76. The molecule has 3 aromatic heterocycles. The Balaban J connectivity index is 1.77. The van der Waals surface area contributed by atoms with Crippen molar-refractivity contribution in [2.24, 2.45) is 0 Å². The molecule has 0 saturated heterocycles. The fourth-order valence-electron chi connectivity index (χ4n) is 2.76. The first-order valence-electron chi connectivity index (χ1n) is 7.45. The number of halogens is 1. The standard InChI is InChI=1S/C17H14FN5O/c1-10-15(21-9-20-10)16-19-4-5-23(16)8-12-6-11-2-3-13(18)7-14(11)22-17(12)24/h2-7,9H,8H2,1H3,(H,20,21)(H,22,24). The minimum absolute atomic E-state index is 0.244. The molecule has 0 atom stereocenters. The molecule has 0 spiro atoms. The molecular formula is C17H14FN5O. The van der Waals surface area contributed by atoms with Gasteiger partial charge in [-0.25, -0.2) is 14.4 Å². The Bertz CT molecular complexity index is 1090. The summed E-state index contributed by atoms with van der Waals surface area (Å²) in [5.74, 6) is 0.309. The number of aryl methyl sites for hydroxylation is 1. The van der Waals surface area contributed by atoms with E-state index in [4.69, 9.17) is 0 Å². The van der Waals surface area contributed by atoms with Crippen LogP contribution in [0.2, 0.25) is 0 Å². The van der Waals surface area contributed by atoms with Crippen LogP contribution in [0.1, 0.15) is 11.3 Å². The molecular weight excluding hydrogens is 309 g/mol. The molecule has 3 heterocycles. The van der Waals surface area contributed by atoms with Crippen molar-refractivity contribution in [3.05, 3.63) is 70.4 Å². The van der Waals surface area contributed by atoms with Crippen LogP contribution in [0.5, 0.6) is 0 Å². The number of rotatable bonds is 3. The molecule has 4 aromatic rings. The maximum atomic E-state index is 13.3. The number of pyridine rings is 1. The molecule has 24 heavy (non-hydrogen) atoms. The van der Waals surface area contributed by atoms with E-state index < -0.39 is 0 Å². The topological polar surface area (TPSA) is 79.4 Å². The Labute approximate surface area is 136 Å². The first kappa shape index (κ1) is 14.4. The van der Waals surface area contributed by atoms with E-state index in [-0.39, 0.29) is 11.4 Å². The number of fused-ring (bicyclic) bond motifs is 1. The van der Waals surface area contributed by atoms with Crippen molar-refractivity contribution in [1.29, 1.82) is 0 Å². The van der Waals surface area contributed by atoms with Gasteiger partial charge >= 0.3 is 0 Å². The van der Waals surface area contributed by atoms with Gasteiger partial charge in [-0.3, -0.25) is 4.79 Å². The third-order valence-electron chi connectivity index (χ3n) is 3.98. The Morgan fingerprint density at radius 1 is 1.25 bits per heavy atom. The third-order valence-corrected chi connectivity index (χ3v) is 3.98. The quantitative estimate of drug-likeness (QED) is 0.608. The summed E-state index contributed by atoms with van der Waals surface area (Å²) in [4.78, 5) is 26.7. The van der Waals surface area contributed by atoms with Gasteiger partial charge in [-0.15, -0.1) is 0 Å². The Hall–Kier alpha value is -3.22. The van der Waals surface area contributed by atoms with Crippen LogP contribution >= 0.6 is 0 Å². The van der Waals surface area contributed by atoms with Gasteiger partial charge in [-0.05, 0) is 36.6 Å². The van der Waals surface area contributed by atoms with Gasteiger partial charge in [-0.1, -0.05) is 0 Å². The van der Waals surface area contributed by atoms with E-state index in [9.17, 15) is 9.18 Å². The maximum Gasteiger partial charge on any atom is 0.253 e. The molecule has 0 saturated carbocycles. The van der Waals surface area contributed by atoms with Crippen LogP contribution in [0.25, 0.3) is 22.4 Å². The number of hydrogen-bond donors (Lipinski definition) is 2. The SMILES string of the molecule is Cc1[nH]cnc1-c1nccn1Cc1cc2ccc(F)cc2[nH]c1=O. The largest absolute Gasteiger partial charge is 0.348 e. The molecule has 0 aliphatic heterocycles. The van der Waals surface area contributed by atoms with Crippen LogP contribution < -0.4 is 5.56 Å². The highest BCUT2D eigenvalue weighted by atomic mass is 19.1. The predicted molar refractivity (Wildman–Crippen MR) is 88.2 cm³/mol. The van der Waals surface area contributed by atoms with Crippen molar-refractivity contribution < 1.29 is 4.39 Å². The Morgan fingerprint density at radius 2 is 2.12 bits per heavy atom. The van der Waals surface area contributed by atoms with Gasteiger partial charge in [0.1, 0.15) is 11.5 Å². The minimum atomic E-state index is -0.378. The number of aromatic nitrogens is 5. The summed E-state index contributed by atoms with van der Waals surface area (Å²) in [5.41, 5.74) is 2.47. The fraction of sp³-hybridized carbons (Fsp3) is 0.118. The molecule has 0 aliphatic rings. The van der Waals surface area contributed by atoms with Crippen LogP contribution in [-0.4, -0.2) is 24.5 Å². The van der Waals surface area contributed by atoms with Crippen LogP contribution in [-0.2, 0) is 6.54 Å². The number of benzene rings is 1. The smallest absolute Gasteiger partial charge is 0.253 e. The van der Waals surface area contributed by atoms with Gasteiger partial charge in [0.05, 0.1) is 18.4 Å². The Kier molecular flexibility index (Phi) is 3.26. The molecule has 4 rings (SSSR count). The van der Waals surface area contributed by atoms with Crippen molar-refractivity contribution in [2.45, 2.75) is 13.5 Å². The molecule has 0 fully saturated rings. The molecule has 6 nitrogen and oxygen atoms in total. The van der Waals surface area contributed by atoms with Crippen LogP contribution in [0.3, 0.4) is 0 Å². The van der Waals surface area contributed by atoms with Crippen molar-refractivity contribution in [2.75, 3.05) is 0 Å². The lowest BCUT2D eigenvalue weighted by atomic mass is 10.1. The summed E-state index contributed by atoms with van der Waals surface area (Å²) in [6, 6.07) is 6.11. The van der Waals surface area contributed by atoms with E-state index in [1.807, 2.05) is 11.5 Å². The molecule has 0 radical (unpaired) electrons. The summed E-state index contributed by atoms with van der Waals surface area (Å²) in [5, 5.41) is 0.781. The average Bonchev–Trinajstić information content (AvgIpc) is 3.16. The van der Waals surface area contributed by atoms with Gasteiger partial charge < -0.3 is 14.5 Å². The maximum absolute atomic E-state index is 13.3. The summed E-state index contributed by atoms with van der Waals surface area (Å²) in [7, 11) is 0. The molecule has 2 N–H and O–H groups in total. The first-order valence-corrected chi connectivity index (χ1v) is 7.45. The monoisotopic (exact) mass is 323 g/mol.